The molecule has 0 amide bonds. The lowest BCUT2D eigenvalue weighted by Gasteiger charge is -2.10. The van der Waals surface area contributed by atoms with Gasteiger partial charge in [0.15, 0.2) is 0 Å². The fourth-order valence-electron chi connectivity index (χ4n) is 1.83. The van der Waals surface area contributed by atoms with Crippen molar-refractivity contribution in [1.29, 1.82) is 0 Å². The zero-order valence-corrected chi connectivity index (χ0v) is 12.1. The van der Waals surface area contributed by atoms with Gasteiger partial charge in [-0.05, 0) is 12.8 Å². The van der Waals surface area contributed by atoms with Gasteiger partial charge in [0.05, 0.1) is 6.54 Å². The molecule has 3 N–H and O–H groups in total. The molecule has 0 aliphatic carbocycles. The Hall–Kier alpha value is -1.69. The molecular weight excluding hydrogens is 258 g/mol. The molecule has 0 aliphatic rings. The second-order valence-electron chi connectivity index (χ2n) is 4.26. The molecule has 6 heteroatoms. The number of nitrogens with zero attached hydrogens (tertiary/aromatic N) is 3. The predicted molar refractivity (Wildman–Crippen MR) is 79.3 cm³/mol. The summed E-state index contributed by atoms with van der Waals surface area (Å²) in [7, 11) is 0. The van der Waals surface area contributed by atoms with Gasteiger partial charge >= 0.3 is 0 Å². The van der Waals surface area contributed by atoms with Crippen LogP contribution in [0.3, 0.4) is 0 Å². The lowest BCUT2D eigenvalue weighted by Crippen LogP contribution is -2.08. The number of nitrogens with two attached hydrogens (primary N) is 1. The van der Waals surface area contributed by atoms with Crippen LogP contribution in [0.2, 0.25) is 0 Å². The van der Waals surface area contributed by atoms with Gasteiger partial charge in [0, 0.05) is 16.6 Å². The van der Waals surface area contributed by atoms with E-state index in [2.05, 4.69) is 34.1 Å². The standard InChI is InChI=1S/C13H19N5S/c1-3-5-10-12(14)17-8-18-13(10)16-7-11-15-6-9(4-2)19-11/h6,8H,3-5,7H2,1-2H3,(H3,14,16,17,18). The summed E-state index contributed by atoms with van der Waals surface area (Å²) >= 11 is 1.73. The molecule has 19 heavy (non-hydrogen) atoms. The minimum Gasteiger partial charge on any atom is -0.383 e. The van der Waals surface area contributed by atoms with Crippen molar-refractivity contribution in [3.63, 3.8) is 0 Å². The molecule has 5 nitrogen and oxygen atoms in total. The Morgan fingerprint density at radius 1 is 1.26 bits per heavy atom. The van der Waals surface area contributed by atoms with E-state index in [1.54, 1.807) is 11.3 Å². The third-order valence-electron chi connectivity index (χ3n) is 2.84. The summed E-state index contributed by atoms with van der Waals surface area (Å²) in [5.74, 6) is 1.38. The predicted octanol–water partition coefficient (Wildman–Crippen LogP) is 2.64. The maximum absolute atomic E-state index is 5.90. The van der Waals surface area contributed by atoms with Crippen molar-refractivity contribution in [2.24, 2.45) is 0 Å². The van der Waals surface area contributed by atoms with E-state index < -0.39 is 0 Å². The van der Waals surface area contributed by atoms with Crippen LogP contribution >= 0.6 is 11.3 Å². The molecular formula is C13H19N5S. The molecule has 2 rings (SSSR count). The number of nitrogen functional groups attached to an aromatic ring is 1. The fraction of sp³-hybridized carbons (Fsp3) is 0.462. The topological polar surface area (TPSA) is 76.7 Å². The highest BCUT2D eigenvalue weighted by Gasteiger charge is 2.09. The van der Waals surface area contributed by atoms with Gasteiger partial charge in [0.2, 0.25) is 0 Å². The van der Waals surface area contributed by atoms with Gasteiger partial charge in [-0.15, -0.1) is 11.3 Å². The van der Waals surface area contributed by atoms with Crippen LogP contribution < -0.4 is 11.1 Å². The average molecular weight is 277 g/mol. The minimum absolute atomic E-state index is 0.563. The van der Waals surface area contributed by atoms with Crippen molar-refractivity contribution >= 4 is 23.0 Å². The Bertz CT molecular complexity index is 538. The third-order valence-corrected chi connectivity index (χ3v) is 3.98. The maximum atomic E-state index is 5.90. The summed E-state index contributed by atoms with van der Waals surface area (Å²) in [5.41, 5.74) is 6.90. The first-order chi connectivity index (χ1) is 9.24. The molecule has 2 heterocycles. The Labute approximate surface area is 117 Å². The van der Waals surface area contributed by atoms with Crippen LogP contribution in [0, 0.1) is 0 Å². The van der Waals surface area contributed by atoms with Crippen LogP contribution in [-0.2, 0) is 19.4 Å². The summed E-state index contributed by atoms with van der Waals surface area (Å²) in [4.78, 5) is 14.0. The number of aryl methyl sites for hydroxylation is 1. The van der Waals surface area contributed by atoms with E-state index in [9.17, 15) is 0 Å². The molecule has 0 saturated carbocycles. The highest BCUT2D eigenvalue weighted by atomic mass is 32.1. The Morgan fingerprint density at radius 2 is 2.11 bits per heavy atom. The lowest BCUT2D eigenvalue weighted by atomic mass is 10.1. The molecule has 102 valence electrons. The zero-order chi connectivity index (χ0) is 13.7. The summed E-state index contributed by atoms with van der Waals surface area (Å²) in [6.45, 7) is 4.93. The smallest absolute Gasteiger partial charge is 0.135 e. The van der Waals surface area contributed by atoms with Crippen molar-refractivity contribution in [2.45, 2.75) is 39.7 Å². The van der Waals surface area contributed by atoms with Gasteiger partial charge < -0.3 is 11.1 Å². The molecule has 0 aromatic carbocycles. The normalized spacial score (nSPS) is 10.6. The number of hydrogen-bond donors (Lipinski definition) is 2. The van der Waals surface area contributed by atoms with Crippen molar-refractivity contribution in [2.75, 3.05) is 11.1 Å². The largest absolute Gasteiger partial charge is 0.383 e. The second kappa shape index (κ2) is 6.47. The zero-order valence-electron chi connectivity index (χ0n) is 11.3. The van der Waals surface area contributed by atoms with Crippen molar-refractivity contribution in [1.82, 2.24) is 15.0 Å². The molecule has 0 bridgehead atoms. The number of rotatable bonds is 6. The highest BCUT2D eigenvalue weighted by molar-refractivity contribution is 7.11. The SMILES string of the molecule is CCCc1c(N)ncnc1NCc1ncc(CC)s1. The van der Waals surface area contributed by atoms with E-state index in [1.165, 1.54) is 11.2 Å². The van der Waals surface area contributed by atoms with Gasteiger partial charge in [-0.1, -0.05) is 20.3 Å². The van der Waals surface area contributed by atoms with Crippen LogP contribution in [0.5, 0.6) is 0 Å². The first kappa shape index (κ1) is 13.7. The summed E-state index contributed by atoms with van der Waals surface area (Å²) < 4.78 is 0. The Balaban J connectivity index is 2.08. The number of nitrogens with one attached hydrogen (secondary N) is 1. The monoisotopic (exact) mass is 277 g/mol. The molecule has 0 radical (unpaired) electrons. The molecule has 0 spiro atoms. The first-order valence-electron chi connectivity index (χ1n) is 6.51. The second-order valence-corrected chi connectivity index (χ2v) is 5.46. The molecule has 2 aromatic rings. The van der Waals surface area contributed by atoms with Gasteiger partial charge in [-0.2, -0.15) is 0 Å². The highest BCUT2D eigenvalue weighted by Crippen LogP contribution is 2.20. The Kier molecular flexibility index (Phi) is 4.68. The fourth-order valence-corrected chi connectivity index (χ4v) is 2.63. The third kappa shape index (κ3) is 3.41. The van der Waals surface area contributed by atoms with Crippen LogP contribution in [0.4, 0.5) is 11.6 Å². The van der Waals surface area contributed by atoms with Crippen LogP contribution in [-0.4, -0.2) is 15.0 Å². The quantitative estimate of drug-likeness (QED) is 0.849. The molecule has 0 saturated heterocycles. The summed E-state index contributed by atoms with van der Waals surface area (Å²) in [6.07, 6.45) is 6.36. The van der Waals surface area contributed by atoms with Gasteiger partial charge in [0.25, 0.3) is 0 Å². The van der Waals surface area contributed by atoms with Crippen molar-refractivity contribution in [3.8, 4) is 0 Å². The van der Waals surface area contributed by atoms with Crippen LogP contribution in [0.15, 0.2) is 12.5 Å². The van der Waals surface area contributed by atoms with Gasteiger partial charge in [-0.3, -0.25) is 0 Å². The van der Waals surface area contributed by atoms with E-state index in [4.69, 9.17) is 5.73 Å². The molecule has 0 fully saturated rings. The van der Waals surface area contributed by atoms with Crippen molar-refractivity contribution in [3.05, 3.63) is 28.0 Å². The first-order valence-corrected chi connectivity index (χ1v) is 7.33. The number of thiazole rings is 1. The molecule has 0 unspecified atom stereocenters. The van der Waals surface area contributed by atoms with E-state index in [0.29, 0.717) is 12.4 Å². The molecule has 0 aliphatic heterocycles. The molecule has 0 atom stereocenters. The van der Waals surface area contributed by atoms with Crippen LogP contribution in [0.1, 0.15) is 35.7 Å². The van der Waals surface area contributed by atoms with E-state index >= 15 is 0 Å². The van der Waals surface area contributed by atoms with Crippen LogP contribution in [0.25, 0.3) is 0 Å². The van der Waals surface area contributed by atoms with Gasteiger partial charge in [-0.25, -0.2) is 15.0 Å². The maximum Gasteiger partial charge on any atom is 0.135 e. The molecule has 2 aromatic heterocycles. The number of aromatic nitrogens is 3. The number of hydrogen-bond acceptors (Lipinski definition) is 6. The van der Waals surface area contributed by atoms with E-state index in [0.717, 1.165) is 35.7 Å². The van der Waals surface area contributed by atoms with E-state index in [-0.39, 0.29) is 0 Å². The number of anilines is 2. The van der Waals surface area contributed by atoms with Gasteiger partial charge in [0.1, 0.15) is 23.0 Å². The lowest BCUT2D eigenvalue weighted by molar-refractivity contribution is 0.901. The average Bonchev–Trinajstić information content (AvgIpc) is 2.87. The summed E-state index contributed by atoms with van der Waals surface area (Å²) in [6, 6.07) is 0. The van der Waals surface area contributed by atoms with E-state index in [1.807, 2.05) is 6.20 Å². The van der Waals surface area contributed by atoms with Crippen molar-refractivity contribution < 1.29 is 0 Å². The Morgan fingerprint density at radius 3 is 2.79 bits per heavy atom. The summed E-state index contributed by atoms with van der Waals surface area (Å²) in [5, 5.41) is 4.38. The minimum atomic E-state index is 0.563.